The molecule has 0 spiro atoms. The van der Waals surface area contributed by atoms with E-state index in [1.54, 1.807) is 20.8 Å². The molecule has 0 aliphatic rings. The van der Waals surface area contributed by atoms with Crippen LogP contribution in [-0.4, -0.2) is 22.6 Å². The van der Waals surface area contributed by atoms with Gasteiger partial charge in [-0.05, 0) is 20.8 Å². The zero-order valence-corrected chi connectivity index (χ0v) is 11.8. The fourth-order valence-electron chi connectivity index (χ4n) is 0.999. The minimum atomic E-state index is -0.571. The van der Waals surface area contributed by atoms with Crippen LogP contribution in [0.1, 0.15) is 32.1 Å². The third kappa shape index (κ3) is 6.43. The highest BCUT2D eigenvalue weighted by molar-refractivity contribution is 7.16. The maximum Gasteiger partial charge on any atom is 0.413 e. The number of nitrogens with two attached hydrogens (primary N) is 1. The highest BCUT2D eigenvalue weighted by Gasteiger charge is 2.17. The van der Waals surface area contributed by atoms with Crippen LogP contribution in [0.2, 0.25) is 0 Å². The lowest BCUT2D eigenvalue weighted by atomic mass is 10.2. The van der Waals surface area contributed by atoms with E-state index in [9.17, 15) is 9.59 Å². The van der Waals surface area contributed by atoms with Crippen LogP contribution in [-0.2, 0) is 9.53 Å². The summed E-state index contributed by atoms with van der Waals surface area (Å²) in [5, 5.41) is 2.89. The van der Waals surface area contributed by atoms with E-state index in [1.165, 1.54) is 17.5 Å². The first-order valence-electron chi connectivity index (χ1n) is 5.49. The van der Waals surface area contributed by atoms with E-state index in [-0.39, 0.29) is 6.42 Å². The average Bonchev–Trinajstić information content (AvgIpc) is 2.61. The molecule has 0 saturated heterocycles. The van der Waals surface area contributed by atoms with Gasteiger partial charge in [0, 0.05) is 0 Å². The lowest BCUT2D eigenvalue weighted by Gasteiger charge is -2.18. The average molecular weight is 281 g/mol. The van der Waals surface area contributed by atoms with Gasteiger partial charge in [-0.2, -0.15) is 0 Å². The Balaban J connectivity index is 2.57. The molecule has 7 heteroatoms. The summed E-state index contributed by atoms with van der Waals surface area (Å²) in [7, 11) is 0. The van der Waals surface area contributed by atoms with Gasteiger partial charge in [-0.1, -0.05) is 23.2 Å². The van der Waals surface area contributed by atoms with Crippen molar-refractivity contribution in [2.24, 2.45) is 5.73 Å². The molecule has 1 aromatic rings. The van der Waals surface area contributed by atoms with Gasteiger partial charge in [0.15, 0.2) is 5.13 Å². The summed E-state index contributed by atoms with van der Waals surface area (Å²) >= 11 is 1.19. The van der Waals surface area contributed by atoms with E-state index < -0.39 is 17.6 Å². The van der Waals surface area contributed by atoms with Crippen molar-refractivity contribution in [2.45, 2.75) is 32.8 Å². The number of carbonyl (C=O) groups is 2. The van der Waals surface area contributed by atoms with Crippen molar-refractivity contribution < 1.29 is 14.3 Å². The molecular formula is C12H15N3O3S. The number of nitrogens with zero attached hydrogens (tertiary/aromatic N) is 1. The van der Waals surface area contributed by atoms with E-state index in [2.05, 4.69) is 22.1 Å². The number of hydrogen-bond donors (Lipinski definition) is 2. The number of anilines is 1. The van der Waals surface area contributed by atoms with E-state index >= 15 is 0 Å². The summed E-state index contributed by atoms with van der Waals surface area (Å²) in [4.78, 5) is 26.6. The van der Waals surface area contributed by atoms with Crippen molar-refractivity contribution in [3.05, 3.63) is 11.1 Å². The predicted molar refractivity (Wildman–Crippen MR) is 72.7 cm³/mol. The van der Waals surface area contributed by atoms with Crippen LogP contribution in [0.5, 0.6) is 0 Å². The first kappa shape index (κ1) is 15.0. The van der Waals surface area contributed by atoms with Crippen LogP contribution < -0.4 is 11.1 Å². The lowest BCUT2D eigenvalue weighted by Crippen LogP contribution is -2.27. The lowest BCUT2D eigenvalue weighted by molar-refractivity contribution is -0.117. The molecule has 0 unspecified atom stereocenters. The fraction of sp³-hybridized carbons (Fsp3) is 0.417. The third-order valence-electron chi connectivity index (χ3n) is 1.59. The van der Waals surface area contributed by atoms with E-state index in [4.69, 9.17) is 10.5 Å². The SMILES string of the molecule is CC(C)(C)OC(=O)Nc1ncc(C#CCC(N)=O)s1. The molecular weight excluding hydrogens is 266 g/mol. The number of nitrogens with one attached hydrogen (secondary N) is 1. The summed E-state index contributed by atoms with van der Waals surface area (Å²) in [5.41, 5.74) is 4.40. The summed E-state index contributed by atoms with van der Waals surface area (Å²) in [5.74, 6) is 4.86. The van der Waals surface area contributed by atoms with Crippen molar-refractivity contribution in [3.63, 3.8) is 0 Å². The van der Waals surface area contributed by atoms with E-state index in [1.807, 2.05) is 0 Å². The molecule has 0 aliphatic carbocycles. The molecule has 0 fully saturated rings. The van der Waals surface area contributed by atoms with Crippen molar-refractivity contribution in [2.75, 3.05) is 5.32 Å². The number of rotatable bonds is 2. The largest absolute Gasteiger partial charge is 0.444 e. The molecule has 6 nitrogen and oxygen atoms in total. The normalized spacial score (nSPS) is 10.3. The van der Waals surface area contributed by atoms with Crippen molar-refractivity contribution in [1.82, 2.24) is 4.98 Å². The van der Waals surface area contributed by atoms with Crippen LogP contribution in [0, 0.1) is 11.8 Å². The molecule has 0 atom stereocenters. The van der Waals surface area contributed by atoms with Crippen LogP contribution >= 0.6 is 11.3 Å². The quantitative estimate of drug-likeness (QED) is 0.807. The van der Waals surface area contributed by atoms with E-state index in [0.29, 0.717) is 10.0 Å². The van der Waals surface area contributed by atoms with Crippen LogP contribution in [0.25, 0.3) is 0 Å². The minimum absolute atomic E-state index is 0.00721. The summed E-state index contributed by atoms with van der Waals surface area (Å²) in [6.07, 6.45) is 0.927. The topological polar surface area (TPSA) is 94.3 Å². The predicted octanol–water partition coefficient (Wildman–Crippen LogP) is 1.72. The Bertz CT molecular complexity index is 534. The Hall–Kier alpha value is -2.07. The second-order valence-electron chi connectivity index (χ2n) is 4.60. The molecule has 1 aromatic heterocycles. The molecule has 2 amide bonds. The van der Waals surface area contributed by atoms with Gasteiger partial charge >= 0.3 is 6.09 Å². The van der Waals surface area contributed by atoms with Gasteiger partial charge in [0.05, 0.1) is 17.5 Å². The number of carbonyl (C=O) groups excluding carboxylic acids is 2. The molecule has 3 N–H and O–H groups in total. The zero-order chi connectivity index (χ0) is 14.5. The Labute approximate surface area is 115 Å². The van der Waals surface area contributed by atoms with Crippen molar-refractivity contribution in [3.8, 4) is 11.8 Å². The Morgan fingerprint density at radius 3 is 2.79 bits per heavy atom. The van der Waals surface area contributed by atoms with Crippen LogP contribution in [0.3, 0.4) is 0 Å². The molecule has 1 heterocycles. The van der Waals surface area contributed by atoms with Crippen molar-refractivity contribution in [1.29, 1.82) is 0 Å². The van der Waals surface area contributed by atoms with Gasteiger partial charge < -0.3 is 10.5 Å². The minimum Gasteiger partial charge on any atom is -0.444 e. The monoisotopic (exact) mass is 281 g/mol. The molecule has 0 saturated carbocycles. The smallest absolute Gasteiger partial charge is 0.413 e. The number of primary amides is 1. The first-order chi connectivity index (χ1) is 8.76. The molecule has 0 radical (unpaired) electrons. The molecule has 0 bridgehead atoms. The van der Waals surface area contributed by atoms with E-state index in [0.717, 1.165) is 0 Å². The van der Waals surface area contributed by atoms with Gasteiger partial charge in [-0.25, -0.2) is 9.78 Å². The Morgan fingerprint density at radius 1 is 1.53 bits per heavy atom. The Morgan fingerprint density at radius 2 is 2.21 bits per heavy atom. The summed E-state index contributed by atoms with van der Waals surface area (Å²) < 4.78 is 5.08. The van der Waals surface area contributed by atoms with Gasteiger partial charge in [-0.3, -0.25) is 10.1 Å². The number of ether oxygens (including phenoxy) is 1. The van der Waals surface area contributed by atoms with Crippen LogP contribution in [0.15, 0.2) is 6.20 Å². The summed E-state index contributed by atoms with van der Waals surface area (Å²) in [6, 6.07) is 0. The van der Waals surface area contributed by atoms with Gasteiger partial charge in [0.1, 0.15) is 5.60 Å². The molecule has 0 aliphatic heterocycles. The molecule has 0 aromatic carbocycles. The number of thiazole rings is 1. The third-order valence-corrected chi connectivity index (χ3v) is 2.42. The maximum atomic E-state index is 11.5. The highest BCUT2D eigenvalue weighted by Crippen LogP contribution is 2.18. The van der Waals surface area contributed by atoms with Gasteiger partial charge in [0.25, 0.3) is 0 Å². The molecule has 19 heavy (non-hydrogen) atoms. The Kier molecular flexibility index (Phi) is 4.89. The second kappa shape index (κ2) is 6.20. The van der Waals surface area contributed by atoms with Crippen LogP contribution in [0.4, 0.5) is 9.93 Å². The second-order valence-corrected chi connectivity index (χ2v) is 5.63. The fourth-order valence-corrected chi connectivity index (χ4v) is 1.68. The first-order valence-corrected chi connectivity index (χ1v) is 6.31. The van der Waals surface area contributed by atoms with Gasteiger partial charge in [-0.15, -0.1) is 0 Å². The number of aromatic nitrogens is 1. The van der Waals surface area contributed by atoms with Crippen molar-refractivity contribution >= 4 is 28.5 Å². The maximum absolute atomic E-state index is 11.5. The zero-order valence-electron chi connectivity index (χ0n) is 10.9. The number of amides is 2. The van der Waals surface area contributed by atoms with Gasteiger partial charge in [0.2, 0.25) is 5.91 Å². The number of hydrogen-bond acceptors (Lipinski definition) is 5. The summed E-state index contributed by atoms with van der Waals surface area (Å²) in [6.45, 7) is 5.32. The highest BCUT2D eigenvalue weighted by atomic mass is 32.1. The molecule has 102 valence electrons. The standard InChI is InChI=1S/C12H15N3O3S/c1-12(2,3)18-11(17)15-10-14-7-8(19-10)5-4-6-9(13)16/h7H,6H2,1-3H3,(H2,13,16)(H,14,15,17). The molecule has 1 rings (SSSR count).